The largest absolute Gasteiger partial charge is 0.383 e. The third-order valence-corrected chi connectivity index (χ3v) is 5.58. The number of halogens is 2. The summed E-state index contributed by atoms with van der Waals surface area (Å²) in [7, 11) is 1.63. The van der Waals surface area contributed by atoms with E-state index in [0.29, 0.717) is 32.8 Å². The summed E-state index contributed by atoms with van der Waals surface area (Å²) in [5, 5.41) is 0.252. The zero-order valence-corrected chi connectivity index (χ0v) is 16.3. The molecule has 8 heteroatoms. The van der Waals surface area contributed by atoms with Crippen molar-refractivity contribution < 1.29 is 18.7 Å². The van der Waals surface area contributed by atoms with Crippen LogP contribution in [0.3, 0.4) is 0 Å². The van der Waals surface area contributed by atoms with E-state index in [4.69, 9.17) is 16.3 Å². The van der Waals surface area contributed by atoms with Crippen LogP contribution in [0.4, 0.5) is 4.39 Å². The molecule has 27 heavy (non-hydrogen) atoms. The van der Waals surface area contributed by atoms with Gasteiger partial charge in [-0.25, -0.2) is 4.39 Å². The Morgan fingerprint density at radius 2 is 2.07 bits per heavy atom. The van der Waals surface area contributed by atoms with Gasteiger partial charge in [0.05, 0.1) is 23.2 Å². The molecule has 6 nitrogen and oxygen atoms in total. The second kappa shape index (κ2) is 8.99. The van der Waals surface area contributed by atoms with E-state index in [-0.39, 0.29) is 28.4 Å². The Bertz CT molecular complexity index is 703. The second-order valence-electron chi connectivity index (χ2n) is 6.93. The number of benzene rings is 1. The van der Waals surface area contributed by atoms with Gasteiger partial charge in [-0.3, -0.25) is 14.5 Å². The van der Waals surface area contributed by atoms with Gasteiger partial charge in [0.1, 0.15) is 5.82 Å². The summed E-state index contributed by atoms with van der Waals surface area (Å²) >= 11 is 6.08. The van der Waals surface area contributed by atoms with Crippen LogP contribution in [0.25, 0.3) is 0 Å². The van der Waals surface area contributed by atoms with Crippen molar-refractivity contribution in [3.05, 3.63) is 34.6 Å². The van der Waals surface area contributed by atoms with Crippen molar-refractivity contribution in [2.24, 2.45) is 0 Å². The molecular weight excluding hydrogens is 373 g/mol. The lowest BCUT2D eigenvalue weighted by Gasteiger charge is -2.26. The first-order valence-electron chi connectivity index (χ1n) is 9.27. The van der Waals surface area contributed by atoms with Crippen LogP contribution in [-0.4, -0.2) is 85.5 Å². The highest BCUT2D eigenvalue weighted by Crippen LogP contribution is 2.22. The maximum atomic E-state index is 13.5. The Kier molecular flexibility index (Phi) is 6.68. The number of carbonyl (C=O) groups excluding carboxylic acids is 2. The van der Waals surface area contributed by atoms with E-state index < -0.39 is 5.82 Å². The molecular formula is C19H25ClFN3O3. The second-order valence-corrected chi connectivity index (χ2v) is 7.34. The van der Waals surface area contributed by atoms with E-state index in [2.05, 4.69) is 4.90 Å². The van der Waals surface area contributed by atoms with Crippen LogP contribution >= 0.6 is 11.6 Å². The van der Waals surface area contributed by atoms with E-state index in [0.717, 1.165) is 25.9 Å². The topological polar surface area (TPSA) is 53.1 Å². The molecule has 0 spiro atoms. The maximum absolute atomic E-state index is 13.5. The molecule has 2 aliphatic heterocycles. The lowest BCUT2D eigenvalue weighted by atomic mass is 10.2. The van der Waals surface area contributed by atoms with Crippen molar-refractivity contribution in [2.75, 3.05) is 53.0 Å². The van der Waals surface area contributed by atoms with Crippen LogP contribution in [0, 0.1) is 5.82 Å². The van der Waals surface area contributed by atoms with Gasteiger partial charge in [0.2, 0.25) is 5.91 Å². The van der Waals surface area contributed by atoms with Crippen LogP contribution in [-0.2, 0) is 9.53 Å². The molecule has 2 amide bonds. The summed E-state index contributed by atoms with van der Waals surface area (Å²) in [6.45, 7) is 4.33. The number of rotatable bonds is 5. The molecule has 1 aromatic carbocycles. The first-order valence-corrected chi connectivity index (χ1v) is 9.65. The Morgan fingerprint density at radius 3 is 2.85 bits per heavy atom. The van der Waals surface area contributed by atoms with Gasteiger partial charge in [-0.05, 0) is 31.0 Å². The Hall–Kier alpha value is -1.70. The zero-order chi connectivity index (χ0) is 19.4. The first kappa shape index (κ1) is 20.0. The monoisotopic (exact) mass is 397 g/mol. The van der Waals surface area contributed by atoms with E-state index in [9.17, 15) is 14.0 Å². The molecule has 0 aliphatic carbocycles. The fraction of sp³-hybridized carbons (Fsp3) is 0.579. The lowest BCUT2D eigenvalue weighted by molar-refractivity contribution is -0.132. The minimum absolute atomic E-state index is 0.130. The predicted molar refractivity (Wildman–Crippen MR) is 100 cm³/mol. The maximum Gasteiger partial charge on any atom is 0.255 e. The van der Waals surface area contributed by atoms with Gasteiger partial charge in [-0.1, -0.05) is 11.6 Å². The quantitative estimate of drug-likeness (QED) is 0.761. The SMILES string of the molecule is COCCN1CC[C@H](N2CCCN(C(=O)c3cc(F)ccc3Cl)CC2)C1=O. The van der Waals surface area contributed by atoms with Gasteiger partial charge >= 0.3 is 0 Å². The van der Waals surface area contributed by atoms with Gasteiger partial charge < -0.3 is 14.5 Å². The smallest absolute Gasteiger partial charge is 0.255 e. The summed E-state index contributed by atoms with van der Waals surface area (Å²) in [5.74, 6) is -0.604. The highest BCUT2D eigenvalue weighted by Gasteiger charge is 2.36. The highest BCUT2D eigenvalue weighted by molar-refractivity contribution is 6.33. The number of hydrogen-bond acceptors (Lipinski definition) is 4. The molecule has 0 aromatic heterocycles. The molecule has 1 aromatic rings. The summed E-state index contributed by atoms with van der Waals surface area (Å²) in [4.78, 5) is 31.1. The van der Waals surface area contributed by atoms with E-state index in [1.807, 2.05) is 4.90 Å². The summed E-state index contributed by atoms with van der Waals surface area (Å²) < 4.78 is 18.6. The van der Waals surface area contributed by atoms with Gasteiger partial charge in [-0.2, -0.15) is 0 Å². The molecule has 2 aliphatic rings. The molecule has 2 fully saturated rings. The number of nitrogens with zero attached hydrogens (tertiary/aromatic N) is 3. The van der Waals surface area contributed by atoms with Gasteiger partial charge in [0.25, 0.3) is 5.91 Å². The van der Waals surface area contributed by atoms with Crippen molar-refractivity contribution in [3.8, 4) is 0 Å². The standard InChI is InChI=1S/C19H25ClFN3O3/c1-27-12-11-24-8-5-17(19(24)26)22-6-2-7-23(10-9-22)18(25)15-13-14(21)3-4-16(15)20/h3-4,13,17H,2,5-12H2,1H3/t17-/m0/s1. The van der Waals surface area contributed by atoms with Crippen molar-refractivity contribution in [1.82, 2.24) is 14.7 Å². The third kappa shape index (κ3) is 4.59. The summed E-state index contributed by atoms with van der Waals surface area (Å²) in [6, 6.07) is 3.70. The lowest BCUT2D eigenvalue weighted by Crippen LogP contribution is -2.44. The molecule has 0 bridgehead atoms. The van der Waals surface area contributed by atoms with E-state index >= 15 is 0 Å². The van der Waals surface area contributed by atoms with Gasteiger partial charge in [-0.15, -0.1) is 0 Å². The summed E-state index contributed by atoms with van der Waals surface area (Å²) in [5.41, 5.74) is 0.188. The van der Waals surface area contributed by atoms with Crippen molar-refractivity contribution in [1.29, 1.82) is 0 Å². The van der Waals surface area contributed by atoms with Gasteiger partial charge in [0, 0.05) is 46.4 Å². The Balaban J connectivity index is 1.61. The Labute approximate surface area is 163 Å². The normalized spacial score (nSPS) is 21.6. The molecule has 0 radical (unpaired) electrons. The molecule has 2 saturated heterocycles. The number of likely N-dealkylation sites (tertiary alicyclic amines) is 1. The fourth-order valence-electron chi connectivity index (χ4n) is 3.77. The number of carbonyl (C=O) groups is 2. The average molecular weight is 398 g/mol. The van der Waals surface area contributed by atoms with Crippen molar-refractivity contribution in [2.45, 2.75) is 18.9 Å². The Morgan fingerprint density at radius 1 is 1.26 bits per heavy atom. The number of hydrogen-bond donors (Lipinski definition) is 0. The predicted octanol–water partition coefficient (Wildman–Crippen LogP) is 1.87. The van der Waals surface area contributed by atoms with Crippen LogP contribution in [0.1, 0.15) is 23.2 Å². The molecule has 2 heterocycles. The first-order chi connectivity index (χ1) is 13.0. The molecule has 0 unspecified atom stereocenters. The zero-order valence-electron chi connectivity index (χ0n) is 15.5. The van der Waals surface area contributed by atoms with E-state index in [1.165, 1.54) is 18.2 Å². The van der Waals surface area contributed by atoms with Crippen LogP contribution in [0.2, 0.25) is 5.02 Å². The molecule has 148 valence electrons. The van der Waals surface area contributed by atoms with Crippen LogP contribution in [0.5, 0.6) is 0 Å². The average Bonchev–Trinajstić information content (AvgIpc) is 2.87. The van der Waals surface area contributed by atoms with Crippen LogP contribution in [0.15, 0.2) is 18.2 Å². The summed E-state index contributed by atoms with van der Waals surface area (Å²) in [6.07, 6.45) is 1.56. The minimum atomic E-state index is -0.480. The number of methoxy groups -OCH3 is 1. The van der Waals surface area contributed by atoms with Crippen molar-refractivity contribution >= 4 is 23.4 Å². The molecule has 3 rings (SSSR count). The highest BCUT2D eigenvalue weighted by atomic mass is 35.5. The third-order valence-electron chi connectivity index (χ3n) is 5.25. The molecule has 0 N–H and O–H groups in total. The fourth-order valence-corrected chi connectivity index (χ4v) is 3.97. The van der Waals surface area contributed by atoms with Crippen molar-refractivity contribution in [3.63, 3.8) is 0 Å². The van der Waals surface area contributed by atoms with Crippen LogP contribution < -0.4 is 0 Å². The number of amides is 2. The molecule has 1 atom stereocenters. The van der Waals surface area contributed by atoms with Gasteiger partial charge in [0.15, 0.2) is 0 Å². The van der Waals surface area contributed by atoms with E-state index in [1.54, 1.807) is 12.0 Å². The molecule has 0 saturated carbocycles. The minimum Gasteiger partial charge on any atom is -0.383 e. The number of ether oxygens (including phenoxy) is 1.